The van der Waals surface area contributed by atoms with E-state index in [4.69, 9.17) is 0 Å². The molecule has 260 valence electrons. The molecule has 8 aromatic rings. The zero-order valence-corrected chi connectivity index (χ0v) is 31.9. The lowest BCUT2D eigenvalue weighted by atomic mass is 9.75. The van der Waals surface area contributed by atoms with Gasteiger partial charge in [0.1, 0.15) is 0 Å². The molecule has 8 aromatic carbocycles. The highest BCUT2D eigenvalue weighted by Gasteiger charge is 2.42. The Balaban J connectivity index is 1.08. The number of anilines is 3. The van der Waals surface area contributed by atoms with Gasteiger partial charge in [0.25, 0.3) is 0 Å². The van der Waals surface area contributed by atoms with E-state index in [-0.39, 0.29) is 10.8 Å². The summed E-state index contributed by atoms with van der Waals surface area (Å²) in [6.07, 6.45) is 0. The monoisotopic (exact) mass is 711 g/mol. The van der Waals surface area contributed by atoms with E-state index >= 15 is 0 Å². The summed E-state index contributed by atoms with van der Waals surface area (Å²) in [5, 5.41) is 2.45. The van der Waals surface area contributed by atoms with Crippen LogP contribution >= 0.6 is 11.8 Å². The number of fused-ring (bicyclic) bond motifs is 7. The summed E-state index contributed by atoms with van der Waals surface area (Å²) in [6.45, 7) is 9.56. The van der Waals surface area contributed by atoms with E-state index in [0.717, 1.165) is 17.1 Å². The number of hydrogen-bond acceptors (Lipinski definition) is 2. The summed E-state index contributed by atoms with van der Waals surface area (Å²) in [4.78, 5) is 5.17. The average molecular weight is 712 g/mol. The molecule has 0 atom stereocenters. The van der Waals surface area contributed by atoms with Crippen LogP contribution in [-0.4, -0.2) is 0 Å². The molecule has 1 heterocycles. The quantitative estimate of drug-likeness (QED) is 0.175. The first-order chi connectivity index (χ1) is 26.3. The summed E-state index contributed by atoms with van der Waals surface area (Å²) >= 11 is 1.97. The Bertz CT molecular complexity index is 2720. The van der Waals surface area contributed by atoms with Crippen LogP contribution in [0.4, 0.5) is 17.1 Å². The molecule has 0 aromatic heterocycles. The zero-order chi connectivity index (χ0) is 36.6. The summed E-state index contributed by atoms with van der Waals surface area (Å²) in [5.41, 5.74) is 16.7. The summed E-state index contributed by atoms with van der Waals surface area (Å²) in [5.74, 6) is 0. The lowest BCUT2D eigenvalue weighted by molar-refractivity contribution is 0.605. The van der Waals surface area contributed by atoms with E-state index in [2.05, 4.69) is 209 Å². The van der Waals surface area contributed by atoms with Crippen molar-refractivity contribution >= 4 is 39.6 Å². The van der Waals surface area contributed by atoms with E-state index in [0.29, 0.717) is 0 Å². The first-order valence-corrected chi connectivity index (χ1v) is 19.8. The Morgan fingerprint density at radius 1 is 0.389 bits per heavy atom. The standard InChI is InChI=1S/C52H41NS/c1-51(2)43-21-11-10-19-42(43)48-44(51)32-33-46-50(48)54-49-41(20-13-22-45(49)52(46,3)4)37-26-30-39(31-27-37)53(47-23-12-17-36-16-8-9-18-40(36)47)38-28-24-35(25-29-38)34-14-6-5-7-15-34/h5-33H,1-4H3. The molecule has 0 amide bonds. The maximum atomic E-state index is 2.41. The minimum atomic E-state index is -0.139. The first-order valence-electron chi connectivity index (χ1n) is 18.9. The van der Waals surface area contributed by atoms with E-state index in [1.165, 1.54) is 76.2 Å². The molecule has 0 N–H and O–H groups in total. The van der Waals surface area contributed by atoms with Crippen molar-refractivity contribution in [3.63, 3.8) is 0 Å². The highest BCUT2D eigenvalue weighted by molar-refractivity contribution is 7.99. The van der Waals surface area contributed by atoms with Gasteiger partial charge in [0.2, 0.25) is 0 Å². The van der Waals surface area contributed by atoms with Gasteiger partial charge < -0.3 is 4.90 Å². The molecule has 2 aliphatic rings. The van der Waals surface area contributed by atoms with Crippen LogP contribution in [0, 0.1) is 0 Å². The molecule has 10 rings (SSSR count). The largest absolute Gasteiger partial charge is 0.310 e. The Labute approximate surface area is 323 Å². The van der Waals surface area contributed by atoms with Crippen LogP contribution in [-0.2, 0) is 10.8 Å². The van der Waals surface area contributed by atoms with Gasteiger partial charge in [-0.2, -0.15) is 0 Å². The fraction of sp³-hybridized carbons (Fsp3) is 0.115. The van der Waals surface area contributed by atoms with Crippen molar-refractivity contribution in [2.24, 2.45) is 0 Å². The SMILES string of the molecule is CC1(C)c2cccc(-c3ccc(N(c4ccc(-c5ccccc5)cc4)c4cccc5ccccc45)cc3)c2Sc2c1ccc1c2-c2ccccc2C1(C)C. The molecule has 0 saturated heterocycles. The molecule has 54 heavy (non-hydrogen) atoms. The van der Waals surface area contributed by atoms with E-state index in [9.17, 15) is 0 Å². The third-order valence-corrected chi connectivity index (χ3v) is 13.2. The normalized spacial score (nSPS) is 14.5. The number of nitrogens with zero attached hydrogens (tertiary/aromatic N) is 1. The van der Waals surface area contributed by atoms with Crippen LogP contribution in [0.2, 0.25) is 0 Å². The van der Waals surface area contributed by atoms with Crippen LogP contribution in [0.25, 0.3) is 44.2 Å². The van der Waals surface area contributed by atoms with Crippen molar-refractivity contribution in [3.8, 4) is 33.4 Å². The molecular formula is C52H41NS. The zero-order valence-electron chi connectivity index (χ0n) is 31.1. The van der Waals surface area contributed by atoms with Crippen molar-refractivity contribution in [3.05, 3.63) is 198 Å². The second-order valence-electron chi connectivity index (χ2n) is 15.7. The molecule has 1 aliphatic heterocycles. The molecule has 0 fully saturated rings. The Morgan fingerprint density at radius 3 is 1.70 bits per heavy atom. The summed E-state index contributed by atoms with van der Waals surface area (Å²) in [6, 6.07) is 64.8. The number of rotatable bonds is 5. The third-order valence-electron chi connectivity index (χ3n) is 11.9. The molecule has 0 bridgehead atoms. The second-order valence-corrected chi connectivity index (χ2v) is 16.8. The first kappa shape index (κ1) is 32.8. The predicted molar refractivity (Wildman–Crippen MR) is 230 cm³/mol. The highest BCUT2D eigenvalue weighted by atomic mass is 32.2. The van der Waals surface area contributed by atoms with Crippen LogP contribution in [0.3, 0.4) is 0 Å². The topological polar surface area (TPSA) is 3.24 Å². The van der Waals surface area contributed by atoms with Gasteiger partial charge in [0, 0.05) is 42.9 Å². The minimum absolute atomic E-state index is 0.0287. The highest BCUT2D eigenvalue weighted by Crippen LogP contribution is 2.60. The summed E-state index contributed by atoms with van der Waals surface area (Å²) < 4.78 is 0. The fourth-order valence-electron chi connectivity index (χ4n) is 9.03. The average Bonchev–Trinajstić information content (AvgIpc) is 3.45. The van der Waals surface area contributed by atoms with Gasteiger partial charge in [0.15, 0.2) is 0 Å². The molecule has 0 radical (unpaired) electrons. The van der Waals surface area contributed by atoms with Gasteiger partial charge in [-0.1, -0.05) is 185 Å². The van der Waals surface area contributed by atoms with Gasteiger partial charge >= 0.3 is 0 Å². The van der Waals surface area contributed by atoms with E-state index < -0.39 is 0 Å². The van der Waals surface area contributed by atoms with Crippen molar-refractivity contribution in [1.82, 2.24) is 0 Å². The lowest BCUT2D eigenvalue weighted by Crippen LogP contribution is -2.25. The van der Waals surface area contributed by atoms with Crippen molar-refractivity contribution < 1.29 is 0 Å². The maximum Gasteiger partial charge on any atom is 0.0540 e. The minimum Gasteiger partial charge on any atom is -0.310 e. The van der Waals surface area contributed by atoms with Gasteiger partial charge in [-0.15, -0.1) is 0 Å². The van der Waals surface area contributed by atoms with Gasteiger partial charge in [-0.3, -0.25) is 0 Å². The number of benzene rings is 8. The second kappa shape index (κ2) is 12.4. The van der Waals surface area contributed by atoms with Crippen molar-refractivity contribution in [2.45, 2.75) is 48.3 Å². The van der Waals surface area contributed by atoms with Gasteiger partial charge in [0.05, 0.1) is 5.69 Å². The third kappa shape index (κ3) is 5.01. The molecule has 1 nitrogen and oxygen atoms in total. The van der Waals surface area contributed by atoms with Gasteiger partial charge in [-0.05, 0) is 85.8 Å². The Hall–Kier alpha value is -5.83. The van der Waals surface area contributed by atoms with Crippen LogP contribution in [0.5, 0.6) is 0 Å². The molecule has 0 spiro atoms. The smallest absolute Gasteiger partial charge is 0.0540 e. The Kier molecular flexibility index (Phi) is 7.51. The molecular weight excluding hydrogens is 671 g/mol. The molecule has 0 saturated carbocycles. The fourth-order valence-corrected chi connectivity index (χ4v) is 10.7. The Morgan fingerprint density at radius 2 is 0.926 bits per heavy atom. The molecule has 1 aliphatic carbocycles. The van der Waals surface area contributed by atoms with Crippen LogP contribution in [0.15, 0.2) is 186 Å². The predicted octanol–water partition coefficient (Wildman–Crippen LogP) is 14.7. The van der Waals surface area contributed by atoms with Crippen molar-refractivity contribution in [1.29, 1.82) is 0 Å². The molecule has 2 heteroatoms. The maximum absolute atomic E-state index is 2.41. The van der Waals surface area contributed by atoms with Crippen LogP contribution < -0.4 is 4.90 Å². The van der Waals surface area contributed by atoms with Crippen molar-refractivity contribution in [2.75, 3.05) is 4.90 Å². The summed E-state index contributed by atoms with van der Waals surface area (Å²) in [7, 11) is 0. The number of hydrogen-bond donors (Lipinski definition) is 0. The lowest BCUT2D eigenvalue weighted by Gasteiger charge is -2.37. The van der Waals surface area contributed by atoms with E-state index in [1.807, 2.05) is 11.8 Å². The van der Waals surface area contributed by atoms with E-state index in [1.54, 1.807) is 0 Å². The van der Waals surface area contributed by atoms with Crippen LogP contribution in [0.1, 0.15) is 49.9 Å². The van der Waals surface area contributed by atoms with Gasteiger partial charge in [-0.25, -0.2) is 0 Å². The molecule has 0 unspecified atom stereocenters.